The highest BCUT2D eigenvalue weighted by atomic mass is 16.2. The monoisotopic (exact) mass is 485 g/mol. The van der Waals surface area contributed by atoms with Gasteiger partial charge in [-0.3, -0.25) is 14.4 Å². The number of nitrogens with zero attached hydrogens (tertiary/aromatic N) is 2. The summed E-state index contributed by atoms with van der Waals surface area (Å²) in [7, 11) is 2.05. The van der Waals surface area contributed by atoms with E-state index in [-0.39, 0.29) is 29.6 Å². The zero-order valence-electron chi connectivity index (χ0n) is 21.8. The quantitative estimate of drug-likeness (QED) is 0.525. The molecule has 3 amide bonds. The van der Waals surface area contributed by atoms with Crippen molar-refractivity contribution >= 4 is 23.4 Å². The number of piperazine rings is 1. The molecule has 1 aromatic carbocycles. The fourth-order valence-electron chi connectivity index (χ4n) is 5.05. The van der Waals surface area contributed by atoms with E-state index in [0.29, 0.717) is 31.1 Å². The number of hydrogen-bond donors (Lipinski definition) is 3. The van der Waals surface area contributed by atoms with Crippen molar-refractivity contribution in [2.24, 2.45) is 17.6 Å². The molecule has 0 unspecified atom stereocenters. The van der Waals surface area contributed by atoms with Gasteiger partial charge in [-0.25, -0.2) is 0 Å². The summed E-state index contributed by atoms with van der Waals surface area (Å²) in [6, 6.07) is 6.38. The van der Waals surface area contributed by atoms with Crippen molar-refractivity contribution < 1.29 is 14.4 Å². The van der Waals surface area contributed by atoms with Crippen LogP contribution in [0.1, 0.15) is 64.4 Å². The van der Waals surface area contributed by atoms with Crippen LogP contribution in [0.15, 0.2) is 24.3 Å². The normalized spacial score (nSPS) is 23.7. The van der Waals surface area contributed by atoms with Crippen LogP contribution in [0.2, 0.25) is 0 Å². The van der Waals surface area contributed by atoms with Gasteiger partial charge in [0.25, 0.3) is 0 Å². The Bertz CT molecular complexity index is 858. The van der Waals surface area contributed by atoms with Gasteiger partial charge in [-0.05, 0) is 49.4 Å². The van der Waals surface area contributed by atoms with E-state index in [1.807, 2.05) is 43.1 Å². The average Bonchev–Trinajstić information content (AvgIpc) is 2.87. The minimum atomic E-state index is -0.631. The third-order valence-corrected chi connectivity index (χ3v) is 7.79. The highest BCUT2D eigenvalue weighted by Crippen LogP contribution is 2.30. The van der Waals surface area contributed by atoms with Gasteiger partial charge in [0.15, 0.2) is 0 Å². The molecule has 1 aliphatic heterocycles. The van der Waals surface area contributed by atoms with Gasteiger partial charge in [0.05, 0.1) is 6.04 Å². The lowest BCUT2D eigenvalue weighted by Crippen LogP contribution is -2.55. The van der Waals surface area contributed by atoms with Crippen LogP contribution in [0, 0.1) is 11.8 Å². The van der Waals surface area contributed by atoms with Crippen LogP contribution in [0.4, 0.5) is 5.69 Å². The van der Waals surface area contributed by atoms with E-state index in [0.717, 1.165) is 44.3 Å². The number of likely N-dealkylation sites (N-methyl/N-ethyl adjacent to an activating group) is 1. The number of hydrogen-bond acceptors (Lipinski definition) is 5. The van der Waals surface area contributed by atoms with E-state index in [1.165, 1.54) is 0 Å². The average molecular weight is 486 g/mol. The van der Waals surface area contributed by atoms with Gasteiger partial charge >= 0.3 is 0 Å². The molecule has 2 aliphatic rings. The molecule has 8 heteroatoms. The molecule has 8 nitrogen and oxygen atoms in total. The van der Waals surface area contributed by atoms with Crippen LogP contribution in [-0.2, 0) is 14.4 Å². The maximum Gasteiger partial charge on any atom is 0.245 e. The standard InChI is InChI=1S/C27H43N5O3/c1-5-23(33)30-25(27(35)32-16-14-31(4)15-17-32)19(3)20-10-12-22(13-11-20)29-26(34)24(28)21-8-6-18(2)7-9-21/h10-13,18-19,21,24-25H,5-9,14-17,28H2,1-4H3,(H,29,34)(H,30,33)/t18?,19-,21?,24-,25+/m0/s1. The summed E-state index contributed by atoms with van der Waals surface area (Å²) < 4.78 is 0. The smallest absolute Gasteiger partial charge is 0.245 e. The van der Waals surface area contributed by atoms with Gasteiger partial charge in [0.1, 0.15) is 6.04 Å². The Morgan fingerprint density at radius 2 is 1.63 bits per heavy atom. The van der Waals surface area contributed by atoms with Crippen molar-refractivity contribution in [1.29, 1.82) is 0 Å². The maximum absolute atomic E-state index is 13.4. The van der Waals surface area contributed by atoms with E-state index in [1.54, 1.807) is 6.92 Å². The summed E-state index contributed by atoms with van der Waals surface area (Å²) in [5.41, 5.74) is 7.89. The third-order valence-electron chi connectivity index (χ3n) is 7.79. The molecule has 0 bridgehead atoms. The number of anilines is 1. The van der Waals surface area contributed by atoms with Crippen LogP contribution in [0.3, 0.4) is 0 Å². The van der Waals surface area contributed by atoms with Gasteiger partial charge < -0.3 is 26.2 Å². The Hall–Kier alpha value is -2.45. The topological polar surface area (TPSA) is 108 Å². The lowest BCUT2D eigenvalue weighted by Gasteiger charge is -2.36. The maximum atomic E-state index is 13.4. The van der Waals surface area contributed by atoms with Crippen LogP contribution >= 0.6 is 0 Å². The molecule has 1 aromatic rings. The molecule has 3 atom stereocenters. The molecule has 1 saturated carbocycles. The van der Waals surface area contributed by atoms with Crippen molar-refractivity contribution in [2.45, 2.75) is 70.9 Å². The minimum absolute atomic E-state index is 0.0439. The van der Waals surface area contributed by atoms with Crippen molar-refractivity contribution in [1.82, 2.24) is 15.1 Å². The summed E-state index contributed by atoms with van der Waals surface area (Å²) >= 11 is 0. The summed E-state index contributed by atoms with van der Waals surface area (Å²) in [6.07, 6.45) is 4.57. The Morgan fingerprint density at radius 1 is 1.03 bits per heavy atom. The summed E-state index contributed by atoms with van der Waals surface area (Å²) in [4.78, 5) is 42.4. The molecule has 2 fully saturated rings. The number of carbonyl (C=O) groups is 3. The molecular formula is C27H43N5O3. The number of nitrogens with two attached hydrogens (primary N) is 1. The molecule has 1 aliphatic carbocycles. The first-order valence-electron chi connectivity index (χ1n) is 13.1. The second-order valence-corrected chi connectivity index (χ2v) is 10.5. The molecule has 0 spiro atoms. The SMILES string of the molecule is CCC(=O)N[C@@H](C(=O)N1CCN(C)CC1)[C@@H](C)c1ccc(NC(=O)[C@@H](N)C2CCC(C)CC2)cc1. The first kappa shape index (κ1) is 27.1. The second-order valence-electron chi connectivity index (χ2n) is 10.5. The first-order valence-corrected chi connectivity index (χ1v) is 13.1. The van der Waals surface area contributed by atoms with E-state index in [9.17, 15) is 14.4 Å². The largest absolute Gasteiger partial charge is 0.344 e. The third kappa shape index (κ3) is 7.27. The molecule has 4 N–H and O–H groups in total. The Morgan fingerprint density at radius 3 is 2.20 bits per heavy atom. The molecule has 35 heavy (non-hydrogen) atoms. The minimum Gasteiger partial charge on any atom is -0.344 e. The lowest BCUT2D eigenvalue weighted by molar-refractivity contribution is -0.138. The van der Waals surface area contributed by atoms with Gasteiger partial charge in [-0.2, -0.15) is 0 Å². The highest BCUT2D eigenvalue weighted by molar-refractivity contribution is 5.95. The second kappa shape index (κ2) is 12.5. The van der Waals surface area contributed by atoms with Gasteiger partial charge in [0.2, 0.25) is 17.7 Å². The summed E-state index contributed by atoms with van der Waals surface area (Å²) in [6.45, 7) is 8.96. The van der Waals surface area contributed by atoms with E-state index in [2.05, 4.69) is 22.5 Å². The van der Waals surface area contributed by atoms with Gasteiger partial charge in [0, 0.05) is 44.2 Å². The van der Waals surface area contributed by atoms with Crippen molar-refractivity contribution in [3.63, 3.8) is 0 Å². The number of nitrogens with one attached hydrogen (secondary N) is 2. The molecule has 0 radical (unpaired) electrons. The lowest BCUT2D eigenvalue weighted by atomic mass is 9.79. The Labute approximate surface area is 210 Å². The number of benzene rings is 1. The zero-order valence-corrected chi connectivity index (χ0v) is 21.8. The molecule has 194 valence electrons. The first-order chi connectivity index (χ1) is 16.7. The van der Waals surface area contributed by atoms with E-state index in [4.69, 9.17) is 5.73 Å². The van der Waals surface area contributed by atoms with Crippen LogP contribution in [-0.4, -0.2) is 72.8 Å². The molecule has 3 rings (SSSR count). The fourth-order valence-corrected chi connectivity index (χ4v) is 5.05. The van der Waals surface area contributed by atoms with Crippen molar-refractivity contribution in [3.8, 4) is 0 Å². The number of carbonyl (C=O) groups excluding carboxylic acids is 3. The van der Waals surface area contributed by atoms with Crippen molar-refractivity contribution in [2.75, 3.05) is 38.5 Å². The molecule has 1 heterocycles. The van der Waals surface area contributed by atoms with Crippen molar-refractivity contribution in [3.05, 3.63) is 29.8 Å². The van der Waals surface area contributed by atoms with E-state index >= 15 is 0 Å². The van der Waals surface area contributed by atoms with Gasteiger partial charge in [-0.1, -0.05) is 45.7 Å². The summed E-state index contributed by atoms with van der Waals surface area (Å²) in [5, 5.41) is 5.90. The Balaban J connectivity index is 1.65. The van der Waals surface area contributed by atoms with Gasteiger partial charge in [-0.15, -0.1) is 0 Å². The predicted octanol–water partition coefficient (Wildman–Crippen LogP) is 2.55. The zero-order chi connectivity index (χ0) is 25.5. The molecule has 1 saturated heterocycles. The highest BCUT2D eigenvalue weighted by Gasteiger charge is 2.33. The van der Waals surface area contributed by atoms with Crippen LogP contribution in [0.5, 0.6) is 0 Å². The van der Waals surface area contributed by atoms with Crippen LogP contribution < -0.4 is 16.4 Å². The Kier molecular flexibility index (Phi) is 9.69. The number of amides is 3. The fraction of sp³-hybridized carbons (Fsp3) is 0.667. The van der Waals surface area contributed by atoms with E-state index < -0.39 is 12.1 Å². The number of rotatable bonds is 8. The predicted molar refractivity (Wildman–Crippen MR) is 139 cm³/mol. The molecular weight excluding hydrogens is 442 g/mol. The molecule has 0 aromatic heterocycles. The summed E-state index contributed by atoms with van der Waals surface area (Å²) in [5.74, 6) is 0.397. The van der Waals surface area contributed by atoms with Crippen LogP contribution in [0.25, 0.3) is 0 Å².